The van der Waals surface area contributed by atoms with E-state index in [1.807, 2.05) is 0 Å². The fourth-order valence-electron chi connectivity index (χ4n) is 0.824. The number of anilines is 1. The number of aliphatic carboxylic acids is 1. The zero-order valence-electron chi connectivity index (χ0n) is 7.23. The highest BCUT2D eigenvalue weighted by atomic mass is 16.4. The minimum atomic E-state index is -1.11. The molecule has 0 aromatic carbocycles. The number of hydrogen-bond donors (Lipinski definition) is 3. The molecule has 0 aliphatic heterocycles. The summed E-state index contributed by atoms with van der Waals surface area (Å²) in [5.74, 6) is -1.45. The second kappa shape index (κ2) is 4.22. The molecule has 0 spiro atoms. The number of carbonyl (C=O) groups is 2. The van der Waals surface area contributed by atoms with Gasteiger partial charge in [-0.15, -0.1) is 0 Å². The van der Waals surface area contributed by atoms with E-state index in [4.69, 9.17) is 10.8 Å². The molecular weight excluding hydrogens is 186 g/mol. The molecule has 0 aliphatic rings. The monoisotopic (exact) mass is 195 g/mol. The van der Waals surface area contributed by atoms with Crippen LogP contribution in [0.1, 0.15) is 10.5 Å². The lowest BCUT2D eigenvalue weighted by molar-refractivity contribution is -0.135. The van der Waals surface area contributed by atoms with Gasteiger partial charge in [0, 0.05) is 0 Å². The summed E-state index contributed by atoms with van der Waals surface area (Å²) in [6.45, 7) is -0.435. The first-order valence-corrected chi connectivity index (χ1v) is 3.82. The molecule has 0 saturated heterocycles. The quantitative estimate of drug-likeness (QED) is 0.601. The number of rotatable bonds is 3. The van der Waals surface area contributed by atoms with Crippen molar-refractivity contribution in [2.45, 2.75) is 0 Å². The van der Waals surface area contributed by atoms with Crippen LogP contribution in [0.25, 0.3) is 0 Å². The molecule has 1 amide bonds. The van der Waals surface area contributed by atoms with Gasteiger partial charge < -0.3 is 16.2 Å². The van der Waals surface area contributed by atoms with Crippen LogP contribution >= 0.6 is 0 Å². The molecular formula is C8H9N3O3. The molecule has 0 unspecified atom stereocenters. The van der Waals surface area contributed by atoms with E-state index in [0.29, 0.717) is 0 Å². The molecule has 14 heavy (non-hydrogen) atoms. The number of carboxylic acid groups (broad SMARTS) is 1. The van der Waals surface area contributed by atoms with Crippen LogP contribution in [-0.2, 0) is 4.79 Å². The first kappa shape index (κ1) is 9.97. The summed E-state index contributed by atoms with van der Waals surface area (Å²) >= 11 is 0. The van der Waals surface area contributed by atoms with Crippen LogP contribution in [0.5, 0.6) is 0 Å². The molecule has 0 atom stereocenters. The second-order valence-corrected chi connectivity index (χ2v) is 2.52. The molecule has 0 radical (unpaired) electrons. The van der Waals surface area contributed by atoms with E-state index in [-0.39, 0.29) is 11.5 Å². The highest BCUT2D eigenvalue weighted by Crippen LogP contribution is 1.99. The van der Waals surface area contributed by atoms with Gasteiger partial charge in [-0.2, -0.15) is 0 Å². The third-order valence-corrected chi connectivity index (χ3v) is 1.40. The summed E-state index contributed by atoms with van der Waals surface area (Å²) in [6, 6.07) is 4.56. The van der Waals surface area contributed by atoms with Crippen LogP contribution in [0.4, 0.5) is 5.82 Å². The van der Waals surface area contributed by atoms with Gasteiger partial charge in [0.15, 0.2) is 0 Å². The zero-order chi connectivity index (χ0) is 10.6. The fourth-order valence-corrected chi connectivity index (χ4v) is 0.824. The number of aromatic nitrogens is 1. The van der Waals surface area contributed by atoms with E-state index in [0.717, 1.165) is 0 Å². The molecule has 74 valence electrons. The summed E-state index contributed by atoms with van der Waals surface area (Å²) in [4.78, 5) is 25.1. The highest BCUT2D eigenvalue weighted by Gasteiger charge is 2.07. The van der Waals surface area contributed by atoms with Crippen molar-refractivity contribution in [1.82, 2.24) is 10.3 Å². The smallest absolute Gasteiger partial charge is 0.322 e. The number of nitrogens with one attached hydrogen (secondary N) is 1. The van der Waals surface area contributed by atoms with Crippen LogP contribution in [-0.4, -0.2) is 28.5 Å². The van der Waals surface area contributed by atoms with Gasteiger partial charge in [0.2, 0.25) is 0 Å². The van der Waals surface area contributed by atoms with Crippen molar-refractivity contribution >= 4 is 17.7 Å². The van der Waals surface area contributed by atoms with Crippen LogP contribution in [0.15, 0.2) is 18.2 Å². The van der Waals surface area contributed by atoms with E-state index < -0.39 is 18.4 Å². The zero-order valence-corrected chi connectivity index (χ0v) is 7.23. The predicted octanol–water partition coefficient (Wildman–Crippen LogP) is -0.522. The maximum absolute atomic E-state index is 11.2. The minimum Gasteiger partial charge on any atom is -0.480 e. The first-order valence-electron chi connectivity index (χ1n) is 3.82. The Balaban J connectivity index is 2.65. The van der Waals surface area contributed by atoms with Crippen LogP contribution < -0.4 is 11.1 Å². The Bertz CT molecular complexity index is 365. The van der Waals surface area contributed by atoms with Crippen molar-refractivity contribution in [3.8, 4) is 0 Å². The van der Waals surface area contributed by atoms with Crippen LogP contribution in [0.2, 0.25) is 0 Å². The summed E-state index contributed by atoms with van der Waals surface area (Å²) in [5.41, 5.74) is 5.45. The third-order valence-electron chi connectivity index (χ3n) is 1.40. The number of pyridine rings is 1. The minimum absolute atomic E-state index is 0.103. The SMILES string of the molecule is Nc1cccc(C(=O)NCC(=O)O)n1. The maximum Gasteiger partial charge on any atom is 0.322 e. The first-order chi connectivity index (χ1) is 6.59. The average molecular weight is 195 g/mol. The lowest BCUT2D eigenvalue weighted by Crippen LogP contribution is -2.29. The number of carbonyl (C=O) groups excluding carboxylic acids is 1. The normalized spacial score (nSPS) is 9.43. The Morgan fingerprint density at radius 3 is 2.79 bits per heavy atom. The molecule has 1 aromatic rings. The summed E-state index contributed by atoms with van der Waals surface area (Å²) in [7, 11) is 0. The summed E-state index contributed by atoms with van der Waals surface area (Å²) in [5, 5.41) is 10.5. The van der Waals surface area contributed by atoms with Gasteiger partial charge in [-0.3, -0.25) is 9.59 Å². The van der Waals surface area contributed by atoms with E-state index >= 15 is 0 Å². The molecule has 6 nitrogen and oxygen atoms in total. The summed E-state index contributed by atoms with van der Waals surface area (Å²) < 4.78 is 0. The highest BCUT2D eigenvalue weighted by molar-refractivity contribution is 5.94. The number of nitrogen functional groups attached to an aromatic ring is 1. The Morgan fingerprint density at radius 2 is 2.21 bits per heavy atom. The number of nitrogens with two attached hydrogens (primary N) is 1. The lowest BCUT2D eigenvalue weighted by Gasteiger charge is -2.01. The Labute approximate surface area is 79.8 Å². The van der Waals surface area contributed by atoms with E-state index in [2.05, 4.69) is 10.3 Å². The lowest BCUT2D eigenvalue weighted by atomic mass is 10.3. The number of carboxylic acids is 1. The van der Waals surface area contributed by atoms with Crippen molar-refractivity contribution in [3.63, 3.8) is 0 Å². The predicted molar refractivity (Wildman–Crippen MR) is 48.6 cm³/mol. The van der Waals surface area contributed by atoms with Crippen molar-refractivity contribution in [2.75, 3.05) is 12.3 Å². The molecule has 1 aromatic heterocycles. The molecule has 0 bridgehead atoms. The van der Waals surface area contributed by atoms with Crippen molar-refractivity contribution in [2.24, 2.45) is 0 Å². The molecule has 4 N–H and O–H groups in total. The Hall–Kier alpha value is -2.11. The van der Waals surface area contributed by atoms with E-state index in [9.17, 15) is 9.59 Å². The van der Waals surface area contributed by atoms with E-state index in [1.54, 1.807) is 6.07 Å². The molecule has 0 fully saturated rings. The Kier molecular flexibility index (Phi) is 3.01. The second-order valence-electron chi connectivity index (χ2n) is 2.52. The van der Waals surface area contributed by atoms with Gasteiger partial charge in [-0.25, -0.2) is 4.98 Å². The number of amides is 1. The topological polar surface area (TPSA) is 105 Å². The van der Waals surface area contributed by atoms with Gasteiger partial charge in [0.25, 0.3) is 5.91 Å². The fraction of sp³-hybridized carbons (Fsp3) is 0.125. The third kappa shape index (κ3) is 2.74. The van der Waals surface area contributed by atoms with Gasteiger partial charge in [-0.1, -0.05) is 6.07 Å². The molecule has 1 rings (SSSR count). The van der Waals surface area contributed by atoms with Crippen LogP contribution in [0, 0.1) is 0 Å². The van der Waals surface area contributed by atoms with Gasteiger partial charge >= 0.3 is 5.97 Å². The van der Waals surface area contributed by atoms with Crippen LogP contribution in [0.3, 0.4) is 0 Å². The van der Waals surface area contributed by atoms with Crippen molar-refractivity contribution in [1.29, 1.82) is 0 Å². The maximum atomic E-state index is 11.2. The molecule has 0 saturated carbocycles. The van der Waals surface area contributed by atoms with Crippen molar-refractivity contribution < 1.29 is 14.7 Å². The summed E-state index contributed by atoms with van der Waals surface area (Å²) in [6.07, 6.45) is 0. The molecule has 0 aliphatic carbocycles. The molecule has 6 heteroatoms. The van der Waals surface area contributed by atoms with Gasteiger partial charge in [0.05, 0.1) is 0 Å². The van der Waals surface area contributed by atoms with Gasteiger partial charge in [0.1, 0.15) is 18.1 Å². The number of nitrogens with zero attached hydrogens (tertiary/aromatic N) is 1. The standard InChI is InChI=1S/C8H9N3O3/c9-6-3-1-2-5(11-6)8(14)10-4-7(12)13/h1-3H,4H2,(H2,9,11)(H,10,14)(H,12,13). The van der Waals surface area contributed by atoms with Crippen molar-refractivity contribution in [3.05, 3.63) is 23.9 Å². The largest absolute Gasteiger partial charge is 0.480 e. The average Bonchev–Trinajstić information content (AvgIpc) is 2.14. The van der Waals surface area contributed by atoms with Gasteiger partial charge in [-0.05, 0) is 12.1 Å². The number of hydrogen-bond acceptors (Lipinski definition) is 4. The van der Waals surface area contributed by atoms with E-state index in [1.165, 1.54) is 12.1 Å². The Morgan fingerprint density at radius 1 is 1.50 bits per heavy atom. The molecule has 1 heterocycles.